The van der Waals surface area contributed by atoms with Gasteiger partial charge in [0.15, 0.2) is 4.96 Å². The second-order valence-electron chi connectivity index (χ2n) is 4.73. The van der Waals surface area contributed by atoms with Crippen LogP contribution in [0.5, 0.6) is 0 Å². The summed E-state index contributed by atoms with van der Waals surface area (Å²) in [4.78, 5) is 17.3. The van der Waals surface area contributed by atoms with E-state index in [0.29, 0.717) is 13.0 Å². The van der Waals surface area contributed by atoms with E-state index in [2.05, 4.69) is 26.2 Å². The molecule has 0 aliphatic rings. The van der Waals surface area contributed by atoms with E-state index in [1.165, 1.54) is 0 Å². The average molecular weight is 364 g/mol. The van der Waals surface area contributed by atoms with Crippen molar-refractivity contribution in [3.8, 4) is 0 Å². The molecule has 108 valence electrons. The topological polar surface area (TPSA) is 46.4 Å². The van der Waals surface area contributed by atoms with E-state index < -0.39 is 0 Å². The van der Waals surface area contributed by atoms with Crippen LogP contribution in [0.1, 0.15) is 11.3 Å². The van der Waals surface area contributed by atoms with Crippen LogP contribution < -0.4 is 5.32 Å². The molecule has 0 aliphatic heterocycles. The minimum atomic E-state index is 0.0401. The molecule has 0 spiro atoms. The van der Waals surface area contributed by atoms with Crippen LogP contribution in [0.15, 0.2) is 46.5 Å². The average Bonchev–Trinajstić information content (AvgIpc) is 3.02. The monoisotopic (exact) mass is 363 g/mol. The maximum Gasteiger partial charge on any atom is 0.224 e. The van der Waals surface area contributed by atoms with Gasteiger partial charge in [0.1, 0.15) is 0 Å². The molecule has 4 nitrogen and oxygen atoms in total. The Kier molecular flexibility index (Phi) is 4.36. The lowest BCUT2D eigenvalue weighted by Gasteiger charge is -2.04. The molecule has 3 aromatic rings. The molecule has 21 heavy (non-hydrogen) atoms. The van der Waals surface area contributed by atoms with E-state index in [1.54, 1.807) is 11.3 Å². The first-order valence-corrected chi connectivity index (χ1v) is 8.30. The van der Waals surface area contributed by atoms with Crippen molar-refractivity contribution in [2.24, 2.45) is 0 Å². The molecule has 1 amide bonds. The third kappa shape index (κ3) is 3.71. The molecule has 3 rings (SSSR count). The molecule has 0 aliphatic carbocycles. The largest absolute Gasteiger partial charge is 0.355 e. The van der Waals surface area contributed by atoms with Crippen LogP contribution in [0.2, 0.25) is 0 Å². The Bertz CT molecular complexity index is 719. The standard InChI is InChI=1S/C15H14BrN3OS/c16-12-3-1-11(2-4-12)9-14(20)17-6-5-13-10-19-7-8-21-15(19)18-13/h1-4,7-8,10H,5-6,9H2,(H,17,20). The van der Waals surface area contributed by atoms with Crippen molar-refractivity contribution in [3.63, 3.8) is 0 Å². The van der Waals surface area contributed by atoms with Crippen LogP contribution in [0.25, 0.3) is 4.96 Å². The summed E-state index contributed by atoms with van der Waals surface area (Å²) in [5.41, 5.74) is 2.02. The fourth-order valence-corrected chi connectivity index (χ4v) is 3.06. The van der Waals surface area contributed by atoms with E-state index >= 15 is 0 Å². The number of benzene rings is 1. The molecule has 0 radical (unpaired) electrons. The summed E-state index contributed by atoms with van der Waals surface area (Å²) in [6.07, 6.45) is 5.15. The lowest BCUT2D eigenvalue weighted by molar-refractivity contribution is -0.120. The van der Waals surface area contributed by atoms with Gasteiger partial charge in [-0.3, -0.25) is 9.20 Å². The van der Waals surface area contributed by atoms with Crippen molar-refractivity contribution in [1.82, 2.24) is 14.7 Å². The highest BCUT2D eigenvalue weighted by Gasteiger charge is 2.05. The number of nitrogens with zero attached hydrogens (tertiary/aromatic N) is 2. The Morgan fingerprint density at radius 3 is 2.90 bits per heavy atom. The molecule has 2 heterocycles. The number of amides is 1. The van der Waals surface area contributed by atoms with Gasteiger partial charge in [0.25, 0.3) is 0 Å². The Hall–Kier alpha value is -1.66. The normalized spacial score (nSPS) is 10.9. The quantitative estimate of drug-likeness (QED) is 0.757. The first-order chi connectivity index (χ1) is 10.2. The molecule has 0 fully saturated rings. The SMILES string of the molecule is O=C(Cc1ccc(Br)cc1)NCCc1cn2ccsc2n1. The van der Waals surface area contributed by atoms with Crippen LogP contribution >= 0.6 is 27.3 Å². The van der Waals surface area contributed by atoms with Crippen molar-refractivity contribution < 1.29 is 4.79 Å². The number of hydrogen-bond acceptors (Lipinski definition) is 3. The number of hydrogen-bond donors (Lipinski definition) is 1. The van der Waals surface area contributed by atoms with Gasteiger partial charge in [-0.25, -0.2) is 4.98 Å². The highest BCUT2D eigenvalue weighted by molar-refractivity contribution is 9.10. The number of imidazole rings is 1. The van der Waals surface area contributed by atoms with Gasteiger partial charge in [-0.05, 0) is 17.7 Å². The molecule has 0 bridgehead atoms. The number of carbonyl (C=O) groups is 1. The molecular formula is C15H14BrN3OS. The van der Waals surface area contributed by atoms with Gasteiger partial charge in [0.2, 0.25) is 5.91 Å². The van der Waals surface area contributed by atoms with E-state index in [0.717, 1.165) is 27.1 Å². The van der Waals surface area contributed by atoms with Crippen molar-refractivity contribution in [2.75, 3.05) is 6.54 Å². The molecular weight excluding hydrogens is 350 g/mol. The maximum absolute atomic E-state index is 11.9. The maximum atomic E-state index is 11.9. The van der Waals surface area contributed by atoms with Gasteiger partial charge in [-0.1, -0.05) is 28.1 Å². The predicted molar refractivity (Wildman–Crippen MR) is 87.6 cm³/mol. The molecule has 1 aromatic carbocycles. The van der Waals surface area contributed by atoms with Crippen molar-refractivity contribution in [2.45, 2.75) is 12.8 Å². The van der Waals surface area contributed by atoms with Gasteiger partial charge in [0, 0.05) is 35.2 Å². The fraction of sp³-hybridized carbons (Fsp3) is 0.200. The van der Waals surface area contributed by atoms with E-state index in [9.17, 15) is 4.79 Å². The van der Waals surface area contributed by atoms with Crippen LogP contribution in [0.4, 0.5) is 0 Å². The molecule has 2 aromatic heterocycles. The lowest BCUT2D eigenvalue weighted by Crippen LogP contribution is -2.27. The van der Waals surface area contributed by atoms with Gasteiger partial charge in [0.05, 0.1) is 12.1 Å². The number of nitrogens with one attached hydrogen (secondary N) is 1. The summed E-state index contributed by atoms with van der Waals surface area (Å²) in [7, 11) is 0. The zero-order valence-corrected chi connectivity index (χ0v) is 13.7. The molecule has 0 unspecified atom stereocenters. The number of thiazole rings is 1. The van der Waals surface area contributed by atoms with Crippen molar-refractivity contribution >= 4 is 38.1 Å². The minimum absolute atomic E-state index is 0.0401. The number of aromatic nitrogens is 2. The number of carbonyl (C=O) groups excluding carboxylic acids is 1. The zero-order chi connectivity index (χ0) is 14.7. The van der Waals surface area contributed by atoms with Gasteiger partial charge in [-0.2, -0.15) is 0 Å². The Morgan fingerprint density at radius 1 is 1.33 bits per heavy atom. The first-order valence-electron chi connectivity index (χ1n) is 6.63. The second-order valence-corrected chi connectivity index (χ2v) is 6.52. The Balaban J connectivity index is 1.47. The second kappa shape index (κ2) is 6.41. The molecule has 0 atom stereocenters. The number of fused-ring (bicyclic) bond motifs is 1. The molecule has 6 heteroatoms. The van der Waals surface area contributed by atoms with Crippen LogP contribution in [-0.4, -0.2) is 21.8 Å². The Morgan fingerprint density at radius 2 is 2.14 bits per heavy atom. The summed E-state index contributed by atoms with van der Waals surface area (Å²) >= 11 is 4.99. The van der Waals surface area contributed by atoms with Crippen molar-refractivity contribution in [3.05, 3.63) is 57.8 Å². The smallest absolute Gasteiger partial charge is 0.224 e. The van der Waals surface area contributed by atoms with Crippen molar-refractivity contribution in [1.29, 1.82) is 0 Å². The van der Waals surface area contributed by atoms with E-state index in [-0.39, 0.29) is 5.91 Å². The Labute approximate surface area is 135 Å². The number of rotatable bonds is 5. The first kappa shape index (κ1) is 14.3. The minimum Gasteiger partial charge on any atom is -0.355 e. The third-order valence-electron chi connectivity index (χ3n) is 3.12. The van der Waals surface area contributed by atoms with Gasteiger partial charge >= 0.3 is 0 Å². The molecule has 1 N–H and O–H groups in total. The summed E-state index contributed by atoms with van der Waals surface area (Å²) < 4.78 is 3.02. The third-order valence-corrected chi connectivity index (χ3v) is 4.42. The van der Waals surface area contributed by atoms with Gasteiger partial charge < -0.3 is 5.32 Å². The molecule has 0 saturated carbocycles. The van der Waals surface area contributed by atoms with Gasteiger partial charge in [-0.15, -0.1) is 11.3 Å². The summed E-state index contributed by atoms with van der Waals surface area (Å²) in [6, 6.07) is 7.79. The summed E-state index contributed by atoms with van der Waals surface area (Å²) in [5.74, 6) is 0.0401. The van der Waals surface area contributed by atoms with Crippen LogP contribution in [0, 0.1) is 0 Å². The van der Waals surface area contributed by atoms with E-state index in [4.69, 9.17) is 0 Å². The highest BCUT2D eigenvalue weighted by Crippen LogP contribution is 2.12. The fourth-order valence-electron chi connectivity index (χ4n) is 2.08. The predicted octanol–water partition coefficient (Wildman–Crippen LogP) is 3.06. The molecule has 0 saturated heterocycles. The summed E-state index contributed by atoms with van der Waals surface area (Å²) in [5, 5.41) is 4.94. The highest BCUT2D eigenvalue weighted by atomic mass is 79.9. The van der Waals surface area contributed by atoms with E-state index in [1.807, 2.05) is 46.4 Å². The van der Waals surface area contributed by atoms with Crippen LogP contribution in [0.3, 0.4) is 0 Å². The zero-order valence-electron chi connectivity index (χ0n) is 11.3. The van der Waals surface area contributed by atoms with Crippen LogP contribution in [-0.2, 0) is 17.6 Å². The number of halogens is 1. The lowest BCUT2D eigenvalue weighted by atomic mass is 10.1. The summed E-state index contributed by atoms with van der Waals surface area (Å²) in [6.45, 7) is 0.611.